The zero-order valence-corrected chi connectivity index (χ0v) is 13.3. The van der Waals surface area contributed by atoms with E-state index in [1.165, 1.54) is 25.9 Å². The van der Waals surface area contributed by atoms with Gasteiger partial charge in [0.1, 0.15) is 0 Å². The average molecular weight is 271 g/mol. The van der Waals surface area contributed by atoms with Crippen LogP contribution in [0.3, 0.4) is 0 Å². The molecule has 1 heterocycles. The molecule has 0 saturated carbocycles. The molecule has 4 nitrogen and oxygen atoms in total. The zero-order chi connectivity index (χ0) is 14.3. The molecule has 114 valence electrons. The summed E-state index contributed by atoms with van der Waals surface area (Å²) in [5.41, 5.74) is -0.124. The third-order valence-corrected chi connectivity index (χ3v) is 4.34. The van der Waals surface area contributed by atoms with Crippen LogP contribution in [0.4, 0.5) is 0 Å². The summed E-state index contributed by atoms with van der Waals surface area (Å²) in [6.45, 7) is 8.96. The van der Waals surface area contributed by atoms with Crippen molar-refractivity contribution in [1.29, 1.82) is 0 Å². The molecule has 2 N–H and O–H groups in total. The summed E-state index contributed by atoms with van der Waals surface area (Å²) in [4.78, 5) is 4.89. The Balaban J connectivity index is 2.37. The number of nitrogens with one attached hydrogen (secondary N) is 1. The molecular formula is C15H33N3O. The van der Waals surface area contributed by atoms with Crippen molar-refractivity contribution < 1.29 is 5.11 Å². The Labute approximate surface area is 119 Å². The van der Waals surface area contributed by atoms with Gasteiger partial charge in [0.25, 0.3) is 0 Å². The van der Waals surface area contributed by atoms with Crippen molar-refractivity contribution in [3.05, 3.63) is 0 Å². The van der Waals surface area contributed by atoms with Gasteiger partial charge in [0.05, 0.1) is 6.61 Å². The fourth-order valence-electron chi connectivity index (χ4n) is 2.71. The quantitative estimate of drug-likeness (QED) is 0.695. The molecular weight excluding hydrogens is 238 g/mol. The van der Waals surface area contributed by atoms with Crippen LogP contribution in [0, 0.1) is 0 Å². The normalized spacial score (nSPS) is 24.6. The number of nitrogens with zero attached hydrogens (tertiary/aromatic N) is 2. The highest BCUT2D eigenvalue weighted by atomic mass is 16.3. The molecule has 1 aliphatic rings. The van der Waals surface area contributed by atoms with E-state index in [1.54, 1.807) is 0 Å². The van der Waals surface area contributed by atoms with E-state index in [2.05, 4.69) is 43.1 Å². The van der Waals surface area contributed by atoms with Gasteiger partial charge in [-0.15, -0.1) is 0 Å². The average Bonchev–Trinajstić information content (AvgIpc) is 2.43. The van der Waals surface area contributed by atoms with Crippen LogP contribution in [0.2, 0.25) is 0 Å². The molecule has 1 rings (SSSR count). The number of likely N-dealkylation sites (tertiary alicyclic amines) is 1. The van der Waals surface area contributed by atoms with E-state index in [9.17, 15) is 5.11 Å². The van der Waals surface area contributed by atoms with Gasteiger partial charge in [-0.1, -0.05) is 6.92 Å². The minimum atomic E-state index is -0.124. The fraction of sp³-hybridized carbons (Fsp3) is 1.00. The van der Waals surface area contributed by atoms with Crippen LogP contribution in [-0.4, -0.2) is 73.4 Å². The highest BCUT2D eigenvalue weighted by Crippen LogP contribution is 2.16. The van der Waals surface area contributed by atoms with E-state index in [0.717, 1.165) is 25.9 Å². The molecule has 0 radical (unpaired) electrons. The van der Waals surface area contributed by atoms with Gasteiger partial charge in [-0.3, -0.25) is 0 Å². The first-order valence-electron chi connectivity index (χ1n) is 7.75. The van der Waals surface area contributed by atoms with Crippen LogP contribution < -0.4 is 5.32 Å². The number of likely N-dealkylation sites (N-methyl/N-ethyl adjacent to an activating group) is 1. The monoisotopic (exact) mass is 271 g/mol. The van der Waals surface area contributed by atoms with E-state index in [1.807, 2.05) is 0 Å². The lowest BCUT2D eigenvalue weighted by molar-refractivity contribution is 0.106. The first-order valence-corrected chi connectivity index (χ1v) is 7.75. The van der Waals surface area contributed by atoms with Crippen molar-refractivity contribution in [1.82, 2.24) is 15.1 Å². The van der Waals surface area contributed by atoms with Gasteiger partial charge in [0.2, 0.25) is 0 Å². The van der Waals surface area contributed by atoms with Crippen molar-refractivity contribution in [2.45, 2.75) is 51.1 Å². The smallest absolute Gasteiger partial charge is 0.0611 e. The molecule has 0 amide bonds. The van der Waals surface area contributed by atoms with Crippen LogP contribution in [-0.2, 0) is 0 Å². The molecule has 0 spiro atoms. The number of aliphatic hydroxyl groups is 1. The summed E-state index contributed by atoms with van der Waals surface area (Å²) in [5.74, 6) is 0. The van der Waals surface area contributed by atoms with Gasteiger partial charge in [0.15, 0.2) is 0 Å². The standard InChI is InChI=1S/C15H33N3O/c1-5-9-16-15(2,13-19)8-11-18-10-6-7-14(12-18)17(3)4/h14,16,19H,5-13H2,1-4H3. The van der Waals surface area contributed by atoms with Gasteiger partial charge in [-0.25, -0.2) is 0 Å². The first kappa shape index (κ1) is 16.9. The minimum Gasteiger partial charge on any atom is -0.394 e. The van der Waals surface area contributed by atoms with Crippen molar-refractivity contribution in [3.63, 3.8) is 0 Å². The molecule has 4 heteroatoms. The number of hydrogen-bond acceptors (Lipinski definition) is 4. The molecule has 2 unspecified atom stereocenters. The summed E-state index contributed by atoms with van der Waals surface area (Å²) in [6.07, 6.45) is 4.74. The second-order valence-corrected chi connectivity index (χ2v) is 6.46. The number of rotatable bonds is 8. The molecule has 1 aliphatic heterocycles. The maximum absolute atomic E-state index is 9.59. The Morgan fingerprint density at radius 3 is 2.74 bits per heavy atom. The van der Waals surface area contributed by atoms with Gasteiger partial charge in [-0.2, -0.15) is 0 Å². The topological polar surface area (TPSA) is 38.7 Å². The lowest BCUT2D eigenvalue weighted by Gasteiger charge is -2.38. The second-order valence-electron chi connectivity index (χ2n) is 6.46. The number of piperidine rings is 1. The largest absolute Gasteiger partial charge is 0.394 e. The Bertz CT molecular complexity index is 248. The summed E-state index contributed by atoms with van der Waals surface area (Å²) < 4.78 is 0. The van der Waals surface area contributed by atoms with Crippen LogP contribution in [0.1, 0.15) is 39.5 Å². The molecule has 1 saturated heterocycles. The van der Waals surface area contributed by atoms with Crippen molar-refractivity contribution in [3.8, 4) is 0 Å². The first-order chi connectivity index (χ1) is 9.00. The van der Waals surface area contributed by atoms with E-state index in [0.29, 0.717) is 6.04 Å². The summed E-state index contributed by atoms with van der Waals surface area (Å²) in [5, 5.41) is 13.1. The number of aliphatic hydroxyl groups excluding tert-OH is 1. The maximum atomic E-state index is 9.59. The Morgan fingerprint density at radius 2 is 2.16 bits per heavy atom. The Hall–Kier alpha value is -0.160. The van der Waals surface area contributed by atoms with Crippen molar-refractivity contribution in [2.75, 3.05) is 46.9 Å². The van der Waals surface area contributed by atoms with E-state index < -0.39 is 0 Å². The van der Waals surface area contributed by atoms with Gasteiger partial charge < -0.3 is 20.2 Å². The molecule has 0 aromatic rings. The predicted molar refractivity (Wildman–Crippen MR) is 81.6 cm³/mol. The van der Waals surface area contributed by atoms with Crippen LogP contribution >= 0.6 is 0 Å². The molecule has 1 fully saturated rings. The Morgan fingerprint density at radius 1 is 1.42 bits per heavy atom. The maximum Gasteiger partial charge on any atom is 0.0611 e. The molecule has 2 atom stereocenters. The molecule has 0 aliphatic carbocycles. The third kappa shape index (κ3) is 5.78. The summed E-state index contributed by atoms with van der Waals surface area (Å²) in [7, 11) is 4.35. The minimum absolute atomic E-state index is 0.124. The van der Waals surface area contributed by atoms with Gasteiger partial charge in [0, 0.05) is 24.7 Å². The van der Waals surface area contributed by atoms with Gasteiger partial charge >= 0.3 is 0 Å². The lowest BCUT2D eigenvalue weighted by atomic mass is 9.97. The molecule has 0 aromatic carbocycles. The van der Waals surface area contributed by atoms with Crippen LogP contribution in [0.25, 0.3) is 0 Å². The SMILES string of the molecule is CCCNC(C)(CO)CCN1CCCC(N(C)C)C1. The van der Waals surface area contributed by atoms with Gasteiger partial charge in [-0.05, 0) is 59.8 Å². The molecule has 19 heavy (non-hydrogen) atoms. The highest BCUT2D eigenvalue weighted by Gasteiger charge is 2.26. The molecule has 0 aromatic heterocycles. The highest BCUT2D eigenvalue weighted by molar-refractivity contribution is 4.85. The summed E-state index contributed by atoms with van der Waals surface area (Å²) >= 11 is 0. The van der Waals surface area contributed by atoms with Crippen molar-refractivity contribution >= 4 is 0 Å². The van der Waals surface area contributed by atoms with Crippen molar-refractivity contribution in [2.24, 2.45) is 0 Å². The van der Waals surface area contributed by atoms with E-state index >= 15 is 0 Å². The van der Waals surface area contributed by atoms with Crippen LogP contribution in [0.15, 0.2) is 0 Å². The second kappa shape index (κ2) is 8.20. The fourth-order valence-corrected chi connectivity index (χ4v) is 2.71. The molecule has 0 bridgehead atoms. The lowest BCUT2D eigenvalue weighted by Crippen LogP contribution is -2.50. The predicted octanol–water partition coefficient (Wildman–Crippen LogP) is 1.15. The number of hydrogen-bond donors (Lipinski definition) is 2. The van der Waals surface area contributed by atoms with E-state index in [4.69, 9.17) is 0 Å². The zero-order valence-electron chi connectivity index (χ0n) is 13.3. The van der Waals surface area contributed by atoms with E-state index in [-0.39, 0.29) is 12.1 Å². The third-order valence-electron chi connectivity index (χ3n) is 4.34. The Kier molecular flexibility index (Phi) is 7.29. The summed E-state index contributed by atoms with van der Waals surface area (Å²) in [6, 6.07) is 0.692. The van der Waals surface area contributed by atoms with Crippen LogP contribution in [0.5, 0.6) is 0 Å².